The summed E-state index contributed by atoms with van der Waals surface area (Å²) in [5.41, 5.74) is 2.86. The Kier molecular flexibility index (Phi) is 8.86. The number of hydrogen-bond acceptors (Lipinski definition) is 4. The van der Waals surface area contributed by atoms with E-state index >= 15 is 0 Å². The molecule has 0 aliphatic heterocycles. The molecular weight excluding hydrogens is 480 g/mol. The number of para-hydroxylation sites is 3. The molecule has 0 atom stereocenters. The third-order valence-corrected chi connectivity index (χ3v) is 5.88. The molecule has 0 aliphatic rings. The number of carbonyl (C=O) groups is 3. The van der Waals surface area contributed by atoms with Gasteiger partial charge in [0.05, 0.1) is 29.1 Å². The lowest BCUT2D eigenvalue weighted by atomic mass is 10.1. The van der Waals surface area contributed by atoms with Gasteiger partial charge in [0.15, 0.2) is 0 Å². The first kappa shape index (κ1) is 26.2. The zero-order valence-electron chi connectivity index (χ0n) is 20.7. The Labute approximate surface area is 221 Å². The van der Waals surface area contributed by atoms with Crippen molar-refractivity contribution >= 4 is 29.2 Å². The SMILES string of the molecule is O=C(CCCCOc1ccccc1-c1ccccc1)Nc1ccccc1C(=O)Nc1ccccc1C(=O)O. The van der Waals surface area contributed by atoms with Gasteiger partial charge < -0.3 is 20.5 Å². The number of anilines is 2. The number of carboxylic acid groups (broad SMARTS) is 1. The standard InChI is InChI=1S/C31H28N2O5/c34-29(20-10-11-21-38-28-19-9-6-14-23(28)22-12-2-1-3-13-22)32-26-17-7-4-15-24(26)30(35)33-27-18-8-5-16-25(27)31(36)37/h1-9,12-19H,10-11,20-21H2,(H,32,34)(H,33,35)(H,36,37). The molecule has 3 N–H and O–H groups in total. The first-order valence-electron chi connectivity index (χ1n) is 12.3. The molecule has 4 rings (SSSR count). The van der Waals surface area contributed by atoms with Gasteiger partial charge in [0.25, 0.3) is 5.91 Å². The topological polar surface area (TPSA) is 105 Å². The molecule has 4 aromatic rings. The van der Waals surface area contributed by atoms with Crippen LogP contribution in [0.1, 0.15) is 40.0 Å². The number of rotatable bonds is 11. The third kappa shape index (κ3) is 6.85. The molecule has 2 amide bonds. The fraction of sp³-hybridized carbons (Fsp3) is 0.129. The zero-order chi connectivity index (χ0) is 26.7. The van der Waals surface area contributed by atoms with E-state index in [0.717, 1.165) is 16.9 Å². The molecule has 0 unspecified atom stereocenters. The summed E-state index contributed by atoms with van der Waals surface area (Å²) in [7, 11) is 0. The van der Waals surface area contributed by atoms with Crippen molar-refractivity contribution in [2.45, 2.75) is 19.3 Å². The smallest absolute Gasteiger partial charge is 0.337 e. The number of carboxylic acids is 1. The summed E-state index contributed by atoms with van der Waals surface area (Å²) in [5.74, 6) is -1.08. The van der Waals surface area contributed by atoms with Gasteiger partial charge in [-0.3, -0.25) is 9.59 Å². The van der Waals surface area contributed by atoms with E-state index in [1.807, 2.05) is 54.6 Å². The van der Waals surface area contributed by atoms with Crippen LogP contribution in [-0.2, 0) is 4.79 Å². The minimum absolute atomic E-state index is 0.0176. The Hall–Kier alpha value is -4.91. The second-order valence-electron chi connectivity index (χ2n) is 8.57. The van der Waals surface area contributed by atoms with Crippen LogP contribution in [-0.4, -0.2) is 29.5 Å². The lowest BCUT2D eigenvalue weighted by Crippen LogP contribution is -2.19. The van der Waals surface area contributed by atoms with Crippen LogP contribution in [0.4, 0.5) is 11.4 Å². The number of unbranched alkanes of at least 4 members (excludes halogenated alkanes) is 1. The Morgan fingerprint density at radius 1 is 0.658 bits per heavy atom. The Morgan fingerprint density at radius 2 is 1.26 bits per heavy atom. The van der Waals surface area contributed by atoms with E-state index in [0.29, 0.717) is 25.1 Å². The first-order chi connectivity index (χ1) is 18.5. The zero-order valence-corrected chi connectivity index (χ0v) is 20.7. The maximum Gasteiger partial charge on any atom is 0.337 e. The quantitative estimate of drug-likeness (QED) is 0.201. The minimum Gasteiger partial charge on any atom is -0.493 e. The van der Waals surface area contributed by atoms with Crippen molar-refractivity contribution < 1.29 is 24.2 Å². The van der Waals surface area contributed by atoms with Crippen molar-refractivity contribution in [1.29, 1.82) is 0 Å². The van der Waals surface area contributed by atoms with Crippen LogP contribution in [0.3, 0.4) is 0 Å². The van der Waals surface area contributed by atoms with Crippen LogP contribution >= 0.6 is 0 Å². The molecule has 0 radical (unpaired) electrons. The van der Waals surface area contributed by atoms with Crippen LogP contribution in [0.15, 0.2) is 103 Å². The van der Waals surface area contributed by atoms with Gasteiger partial charge in [0.1, 0.15) is 5.75 Å². The van der Waals surface area contributed by atoms with Crippen molar-refractivity contribution in [1.82, 2.24) is 0 Å². The van der Waals surface area contributed by atoms with Gasteiger partial charge in [-0.05, 0) is 48.7 Å². The average Bonchev–Trinajstić information content (AvgIpc) is 2.94. The predicted molar refractivity (Wildman–Crippen MR) is 148 cm³/mol. The van der Waals surface area contributed by atoms with Crippen molar-refractivity contribution in [3.8, 4) is 16.9 Å². The number of aromatic carboxylic acids is 1. The van der Waals surface area contributed by atoms with Crippen molar-refractivity contribution in [2.24, 2.45) is 0 Å². The molecule has 192 valence electrons. The Bertz CT molecular complexity index is 1420. The highest BCUT2D eigenvalue weighted by atomic mass is 16.5. The highest BCUT2D eigenvalue weighted by molar-refractivity contribution is 6.12. The number of benzene rings is 4. The number of amides is 2. The van der Waals surface area contributed by atoms with Gasteiger partial charge in [-0.15, -0.1) is 0 Å². The molecule has 38 heavy (non-hydrogen) atoms. The summed E-state index contributed by atoms with van der Waals surface area (Å²) in [6, 6.07) is 30.7. The van der Waals surface area contributed by atoms with E-state index in [1.54, 1.807) is 36.4 Å². The third-order valence-electron chi connectivity index (χ3n) is 5.88. The molecule has 0 saturated carbocycles. The number of nitrogens with one attached hydrogen (secondary N) is 2. The van der Waals surface area contributed by atoms with Crippen molar-refractivity contribution in [3.05, 3.63) is 114 Å². The molecule has 0 saturated heterocycles. The summed E-state index contributed by atoms with van der Waals surface area (Å²) in [5, 5.41) is 14.8. The molecule has 0 fully saturated rings. The van der Waals surface area contributed by atoms with Gasteiger partial charge in [0.2, 0.25) is 5.91 Å². The van der Waals surface area contributed by atoms with E-state index < -0.39 is 11.9 Å². The normalized spacial score (nSPS) is 10.4. The largest absolute Gasteiger partial charge is 0.493 e. The summed E-state index contributed by atoms with van der Waals surface area (Å²) in [6.07, 6.45) is 1.56. The second kappa shape index (κ2) is 12.9. The van der Waals surface area contributed by atoms with E-state index in [2.05, 4.69) is 10.6 Å². The fourth-order valence-corrected chi connectivity index (χ4v) is 3.99. The summed E-state index contributed by atoms with van der Waals surface area (Å²) in [4.78, 5) is 36.9. The highest BCUT2D eigenvalue weighted by Gasteiger charge is 2.16. The van der Waals surface area contributed by atoms with Crippen LogP contribution in [0.2, 0.25) is 0 Å². The molecule has 4 aromatic carbocycles. The van der Waals surface area contributed by atoms with E-state index in [1.165, 1.54) is 12.1 Å². The van der Waals surface area contributed by atoms with Gasteiger partial charge in [-0.1, -0.05) is 72.8 Å². The lowest BCUT2D eigenvalue weighted by molar-refractivity contribution is -0.116. The number of ether oxygens (including phenoxy) is 1. The van der Waals surface area contributed by atoms with Crippen LogP contribution in [0.5, 0.6) is 5.75 Å². The highest BCUT2D eigenvalue weighted by Crippen LogP contribution is 2.29. The summed E-state index contributed by atoms with van der Waals surface area (Å²) >= 11 is 0. The Morgan fingerprint density at radius 3 is 2.00 bits per heavy atom. The van der Waals surface area contributed by atoms with Crippen LogP contribution in [0.25, 0.3) is 11.1 Å². The maximum atomic E-state index is 12.9. The van der Waals surface area contributed by atoms with E-state index in [4.69, 9.17) is 4.74 Å². The van der Waals surface area contributed by atoms with Crippen LogP contribution in [0, 0.1) is 0 Å². The number of carbonyl (C=O) groups excluding carboxylic acids is 2. The van der Waals surface area contributed by atoms with Crippen LogP contribution < -0.4 is 15.4 Å². The molecule has 0 aromatic heterocycles. The fourth-order valence-electron chi connectivity index (χ4n) is 3.99. The predicted octanol–water partition coefficient (Wildman–Crippen LogP) is 6.49. The van der Waals surface area contributed by atoms with Gasteiger partial charge in [-0.2, -0.15) is 0 Å². The minimum atomic E-state index is -1.14. The van der Waals surface area contributed by atoms with Gasteiger partial charge >= 0.3 is 5.97 Å². The average molecular weight is 509 g/mol. The van der Waals surface area contributed by atoms with E-state index in [9.17, 15) is 19.5 Å². The lowest BCUT2D eigenvalue weighted by Gasteiger charge is -2.13. The molecule has 0 aliphatic carbocycles. The molecule has 7 heteroatoms. The Balaban J connectivity index is 1.29. The second-order valence-corrected chi connectivity index (χ2v) is 8.57. The first-order valence-corrected chi connectivity index (χ1v) is 12.3. The molecule has 7 nitrogen and oxygen atoms in total. The monoisotopic (exact) mass is 508 g/mol. The van der Waals surface area contributed by atoms with Crippen molar-refractivity contribution in [2.75, 3.05) is 17.2 Å². The van der Waals surface area contributed by atoms with Gasteiger partial charge in [0, 0.05) is 12.0 Å². The molecule has 0 heterocycles. The summed E-state index contributed by atoms with van der Waals surface area (Å²) < 4.78 is 6.00. The maximum absolute atomic E-state index is 12.9. The molecular formula is C31H28N2O5. The van der Waals surface area contributed by atoms with Gasteiger partial charge in [-0.25, -0.2) is 4.79 Å². The molecule has 0 bridgehead atoms. The molecule has 0 spiro atoms. The summed E-state index contributed by atoms with van der Waals surface area (Å²) in [6.45, 7) is 0.471. The van der Waals surface area contributed by atoms with E-state index in [-0.39, 0.29) is 29.1 Å². The van der Waals surface area contributed by atoms with Crippen molar-refractivity contribution in [3.63, 3.8) is 0 Å². The number of hydrogen-bond donors (Lipinski definition) is 3.